The van der Waals surface area contributed by atoms with E-state index in [1.807, 2.05) is 0 Å². The number of carboxylic acid groups (broad SMARTS) is 1. The van der Waals surface area contributed by atoms with Gasteiger partial charge in [0.05, 0.1) is 12.1 Å². The molecule has 3 rings (SSSR count). The topological polar surface area (TPSA) is 77.2 Å². The molecule has 1 aromatic carbocycles. The van der Waals surface area contributed by atoms with Crippen LogP contribution in [-0.2, 0) is 17.9 Å². The molecule has 2 heterocycles. The van der Waals surface area contributed by atoms with Crippen LogP contribution in [0.2, 0.25) is 5.02 Å². The van der Waals surface area contributed by atoms with Gasteiger partial charge in [0.2, 0.25) is 0 Å². The highest BCUT2D eigenvalue weighted by molar-refractivity contribution is 6.31. The van der Waals surface area contributed by atoms with Gasteiger partial charge in [0.1, 0.15) is 18.9 Å². The summed E-state index contributed by atoms with van der Waals surface area (Å²) in [5.41, 5.74) is 1.63. The van der Waals surface area contributed by atoms with Crippen molar-refractivity contribution in [3.63, 3.8) is 0 Å². The molecule has 0 bridgehead atoms. The van der Waals surface area contributed by atoms with Crippen molar-refractivity contribution >= 4 is 17.6 Å². The van der Waals surface area contributed by atoms with Crippen molar-refractivity contribution in [1.82, 2.24) is 14.8 Å². The Hall–Kier alpha value is -3.07. The monoisotopic (exact) mass is 467 g/mol. The first-order valence-electron chi connectivity index (χ1n) is 9.69. The molecule has 0 saturated carbocycles. The zero-order valence-electron chi connectivity index (χ0n) is 17.3. The normalized spacial score (nSPS) is 13.6. The molecule has 2 atom stereocenters. The van der Waals surface area contributed by atoms with Crippen molar-refractivity contribution in [2.24, 2.45) is 0 Å². The molecular weight excluding hydrogens is 447 g/mol. The molecule has 32 heavy (non-hydrogen) atoms. The molecule has 0 spiro atoms. The zero-order chi connectivity index (χ0) is 23.5. The van der Waals surface area contributed by atoms with Crippen molar-refractivity contribution in [3.8, 4) is 5.75 Å². The van der Waals surface area contributed by atoms with E-state index < -0.39 is 24.0 Å². The van der Waals surface area contributed by atoms with E-state index in [0.717, 1.165) is 0 Å². The number of aliphatic carboxylic acids is 1. The second-order valence-corrected chi connectivity index (χ2v) is 7.86. The van der Waals surface area contributed by atoms with Crippen LogP contribution < -0.4 is 4.74 Å². The number of carboxylic acids is 1. The number of aromatic nitrogens is 3. The Kier molecular flexibility index (Phi) is 7.08. The maximum Gasteiger partial charge on any atom is 0.396 e. The largest absolute Gasteiger partial charge is 0.489 e. The third-order valence-corrected chi connectivity index (χ3v) is 5.31. The van der Waals surface area contributed by atoms with Gasteiger partial charge in [0, 0.05) is 28.7 Å². The van der Waals surface area contributed by atoms with Gasteiger partial charge >= 0.3 is 12.1 Å². The number of ether oxygens (including phenoxy) is 1. The summed E-state index contributed by atoms with van der Waals surface area (Å²) in [6, 6.07) is 7.37. The predicted octanol–water partition coefficient (Wildman–Crippen LogP) is 5.35. The molecule has 1 N–H and O–H groups in total. The van der Waals surface area contributed by atoms with E-state index in [2.05, 4.69) is 10.1 Å². The summed E-state index contributed by atoms with van der Waals surface area (Å²) in [4.78, 5) is 14.7. The molecule has 10 heteroatoms. The van der Waals surface area contributed by atoms with Crippen LogP contribution in [0.4, 0.5) is 13.2 Å². The summed E-state index contributed by atoms with van der Waals surface area (Å²) in [6.45, 7) is 2.97. The van der Waals surface area contributed by atoms with Gasteiger partial charge in [-0.3, -0.25) is 14.5 Å². The van der Waals surface area contributed by atoms with Gasteiger partial charge in [-0.1, -0.05) is 24.6 Å². The lowest BCUT2D eigenvalue weighted by atomic mass is 9.82. The molecule has 2 aromatic heterocycles. The molecule has 6 nitrogen and oxygen atoms in total. The summed E-state index contributed by atoms with van der Waals surface area (Å²) in [5.74, 6) is -3.32. The van der Waals surface area contributed by atoms with Crippen molar-refractivity contribution < 1.29 is 27.8 Å². The standard InChI is InChI=1S/C22H21ClF3N3O3/c1-13-7-16(5-6-27-13)21(22(24,25)26)14(2)18-4-3-17(8-19(18)23)32-12-15-9-28-29(10-15)11-20(30)31/h3-10,14,21H,11-12H2,1-2H3,(H,30,31). The maximum absolute atomic E-state index is 13.9. The minimum Gasteiger partial charge on any atom is -0.489 e. The van der Waals surface area contributed by atoms with E-state index in [-0.39, 0.29) is 23.7 Å². The Morgan fingerprint density at radius 3 is 2.66 bits per heavy atom. The lowest BCUT2D eigenvalue weighted by Crippen LogP contribution is -2.26. The van der Waals surface area contributed by atoms with Gasteiger partial charge in [-0.05, 0) is 48.2 Å². The smallest absolute Gasteiger partial charge is 0.396 e. The quantitative estimate of drug-likeness (QED) is 0.483. The molecule has 0 aliphatic rings. The van der Waals surface area contributed by atoms with Crippen molar-refractivity contribution in [2.75, 3.05) is 0 Å². The van der Waals surface area contributed by atoms with Crippen LogP contribution in [0.15, 0.2) is 48.9 Å². The molecule has 0 saturated heterocycles. The van der Waals surface area contributed by atoms with Crippen LogP contribution in [0.25, 0.3) is 0 Å². The first-order chi connectivity index (χ1) is 15.0. The van der Waals surface area contributed by atoms with E-state index in [9.17, 15) is 18.0 Å². The fraction of sp³-hybridized carbons (Fsp3) is 0.318. The zero-order valence-corrected chi connectivity index (χ0v) is 18.1. The molecule has 0 aliphatic heterocycles. The van der Waals surface area contributed by atoms with Gasteiger partial charge in [0.25, 0.3) is 0 Å². The van der Waals surface area contributed by atoms with Crippen LogP contribution in [0, 0.1) is 6.92 Å². The molecule has 0 amide bonds. The first kappa shape index (κ1) is 23.6. The number of nitrogens with zero attached hydrogens (tertiary/aromatic N) is 3. The Labute approximate surface area is 187 Å². The average molecular weight is 468 g/mol. The summed E-state index contributed by atoms with van der Waals surface area (Å²) < 4.78 is 48.7. The van der Waals surface area contributed by atoms with E-state index in [0.29, 0.717) is 22.6 Å². The summed E-state index contributed by atoms with van der Waals surface area (Å²) in [5, 5.41) is 12.9. The highest BCUT2D eigenvalue weighted by Crippen LogP contribution is 2.46. The second kappa shape index (κ2) is 9.60. The number of hydrogen-bond acceptors (Lipinski definition) is 4. The summed E-state index contributed by atoms with van der Waals surface area (Å²) >= 11 is 6.34. The lowest BCUT2D eigenvalue weighted by molar-refractivity contribution is -0.154. The van der Waals surface area contributed by atoms with Gasteiger partial charge in [-0.25, -0.2) is 0 Å². The van der Waals surface area contributed by atoms with Gasteiger partial charge in [0.15, 0.2) is 0 Å². The lowest BCUT2D eigenvalue weighted by Gasteiger charge is -2.28. The Balaban J connectivity index is 1.77. The number of benzene rings is 1. The second-order valence-electron chi connectivity index (χ2n) is 7.45. The van der Waals surface area contributed by atoms with Crippen LogP contribution in [-0.4, -0.2) is 32.0 Å². The number of rotatable bonds is 8. The number of pyridine rings is 1. The van der Waals surface area contributed by atoms with Crippen molar-refractivity contribution in [2.45, 2.75) is 45.0 Å². The molecule has 3 aromatic rings. The van der Waals surface area contributed by atoms with Crippen LogP contribution in [0.3, 0.4) is 0 Å². The predicted molar refractivity (Wildman–Crippen MR) is 112 cm³/mol. The number of halogens is 4. The summed E-state index contributed by atoms with van der Waals surface area (Å²) in [7, 11) is 0. The van der Waals surface area contributed by atoms with Gasteiger partial charge in [-0.15, -0.1) is 0 Å². The molecule has 0 radical (unpaired) electrons. The molecular formula is C22H21ClF3N3O3. The fourth-order valence-electron chi connectivity index (χ4n) is 3.54. The van der Waals surface area contributed by atoms with E-state index >= 15 is 0 Å². The van der Waals surface area contributed by atoms with Crippen molar-refractivity contribution in [1.29, 1.82) is 0 Å². The third kappa shape index (κ3) is 5.79. The maximum atomic E-state index is 13.9. The van der Waals surface area contributed by atoms with E-state index in [1.54, 1.807) is 13.0 Å². The van der Waals surface area contributed by atoms with E-state index in [1.165, 1.54) is 54.5 Å². The fourth-order valence-corrected chi connectivity index (χ4v) is 3.88. The number of hydrogen-bond donors (Lipinski definition) is 1. The van der Waals surface area contributed by atoms with Crippen LogP contribution in [0.5, 0.6) is 5.75 Å². The molecule has 0 fully saturated rings. The van der Waals surface area contributed by atoms with E-state index in [4.69, 9.17) is 21.4 Å². The highest BCUT2D eigenvalue weighted by Gasteiger charge is 2.45. The first-order valence-corrected chi connectivity index (χ1v) is 10.1. The average Bonchev–Trinajstić information content (AvgIpc) is 3.12. The van der Waals surface area contributed by atoms with Crippen LogP contribution in [0.1, 0.15) is 41.1 Å². The molecule has 170 valence electrons. The minimum atomic E-state index is -4.47. The molecule has 2 unspecified atom stereocenters. The third-order valence-electron chi connectivity index (χ3n) is 4.98. The number of aryl methyl sites for hydroxylation is 1. The van der Waals surface area contributed by atoms with Crippen molar-refractivity contribution in [3.05, 3.63) is 76.3 Å². The number of carbonyl (C=O) groups is 1. The highest BCUT2D eigenvalue weighted by atomic mass is 35.5. The SMILES string of the molecule is Cc1cc(C(C(C)c2ccc(OCc3cnn(CC(=O)O)c3)cc2Cl)C(F)(F)F)ccn1. The Bertz CT molecular complexity index is 1100. The van der Waals surface area contributed by atoms with Gasteiger partial charge in [-0.2, -0.15) is 18.3 Å². The molecule has 0 aliphatic carbocycles. The van der Waals surface area contributed by atoms with Crippen LogP contribution >= 0.6 is 11.6 Å². The minimum absolute atomic E-state index is 0.103. The Morgan fingerprint density at radius 2 is 2.03 bits per heavy atom. The number of alkyl halides is 3. The Morgan fingerprint density at radius 1 is 1.28 bits per heavy atom. The van der Waals surface area contributed by atoms with Gasteiger partial charge < -0.3 is 9.84 Å². The summed E-state index contributed by atoms with van der Waals surface area (Å²) in [6.07, 6.45) is -0.0858.